The highest BCUT2D eigenvalue weighted by molar-refractivity contribution is 5.92. The average Bonchev–Trinajstić information content (AvgIpc) is 2.97. The van der Waals surface area contributed by atoms with E-state index >= 15 is 0 Å². The van der Waals surface area contributed by atoms with Gasteiger partial charge in [0.2, 0.25) is 5.91 Å². The average molecular weight is 339 g/mol. The molecule has 1 heterocycles. The van der Waals surface area contributed by atoms with E-state index < -0.39 is 5.97 Å². The van der Waals surface area contributed by atoms with Crippen molar-refractivity contribution in [1.82, 2.24) is 9.78 Å². The largest absolute Gasteiger partial charge is 0.478 e. The molecule has 0 fully saturated rings. The van der Waals surface area contributed by atoms with Gasteiger partial charge in [0.05, 0.1) is 17.6 Å². The van der Waals surface area contributed by atoms with E-state index in [-0.39, 0.29) is 11.5 Å². The Balaban J connectivity index is 1.74. The molecular weight excluding hydrogens is 318 g/mol. The standard InChI is InChI=1S/C19H21N3O3/c1-13-17(19(24)25)12-20-22(13)16-9-5-8-15(11-16)21-18(23)10-14-6-3-2-4-7-14/h5-6,8-9,11-12H,2-4,7,10H2,1H3,(H,21,23)(H,24,25). The maximum atomic E-state index is 12.2. The van der Waals surface area contributed by atoms with Crippen LogP contribution in [0.3, 0.4) is 0 Å². The number of anilines is 1. The van der Waals surface area contributed by atoms with Crippen LogP contribution in [0.5, 0.6) is 0 Å². The second-order valence-corrected chi connectivity index (χ2v) is 6.24. The Kier molecular flexibility index (Phi) is 4.97. The van der Waals surface area contributed by atoms with Crippen LogP contribution >= 0.6 is 0 Å². The molecule has 25 heavy (non-hydrogen) atoms. The summed E-state index contributed by atoms with van der Waals surface area (Å²) in [6.45, 7) is 1.71. The van der Waals surface area contributed by atoms with Crippen molar-refractivity contribution in [1.29, 1.82) is 0 Å². The first-order valence-corrected chi connectivity index (χ1v) is 8.40. The van der Waals surface area contributed by atoms with Crippen molar-refractivity contribution in [2.45, 2.75) is 39.0 Å². The zero-order valence-corrected chi connectivity index (χ0v) is 14.2. The van der Waals surface area contributed by atoms with Gasteiger partial charge in [0.1, 0.15) is 5.56 Å². The summed E-state index contributed by atoms with van der Waals surface area (Å²) < 4.78 is 1.56. The van der Waals surface area contributed by atoms with Crippen molar-refractivity contribution in [2.75, 3.05) is 5.32 Å². The molecule has 1 aliphatic rings. The second-order valence-electron chi connectivity index (χ2n) is 6.24. The highest BCUT2D eigenvalue weighted by Crippen LogP contribution is 2.22. The fourth-order valence-corrected chi connectivity index (χ4v) is 3.07. The molecule has 0 atom stereocenters. The normalized spacial score (nSPS) is 14.0. The number of nitrogens with zero attached hydrogens (tertiary/aromatic N) is 2. The lowest BCUT2D eigenvalue weighted by atomic mass is 9.97. The Labute approximate surface area is 146 Å². The number of amides is 1. The predicted octanol–water partition coefficient (Wildman–Crippen LogP) is 3.71. The number of aromatic nitrogens is 2. The number of allylic oxidation sites excluding steroid dienone is 1. The third-order valence-electron chi connectivity index (χ3n) is 4.39. The van der Waals surface area contributed by atoms with Crippen LogP contribution in [0.25, 0.3) is 5.69 Å². The van der Waals surface area contributed by atoms with E-state index in [2.05, 4.69) is 16.5 Å². The van der Waals surface area contributed by atoms with Crippen molar-refractivity contribution >= 4 is 17.6 Å². The van der Waals surface area contributed by atoms with Crippen LogP contribution in [-0.4, -0.2) is 26.8 Å². The first kappa shape index (κ1) is 17.0. The fourth-order valence-electron chi connectivity index (χ4n) is 3.07. The molecule has 1 aliphatic carbocycles. The van der Waals surface area contributed by atoms with Gasteiger partial charge in [-0.2, -0.15) is 5.10 Å². The Morgan fingerprint density at radius 1 is 1.32 bits per heavy atom. The third-order valence-corrected chi connectivity index (χ3v) is 4.39. The van der Waals surface area contributed by atoms with Crippen LogP contribution in [0.4, 0.5) is 5.69 Å². The molecule has 0 saturated heterocycles. The zero-order valence-electron chi connectivity index (χ0n) is 14.2. The van der Waals surface area contributed by atoms with Gasteiger partial charge in [-0.05, 0) is 50.8 Å². The van der Waals surface area contributed by atoms with Crippen LogP contribution in [0.1, 0.15) is 48.2 Å². The SMILES string of the molecule is Cc1c(C(=O)O)cnn1-c1cccc(NC(=O)CC2=CCCCC2)c1. The number of carbonyl (C=O) groups excluding carboxylic acids is 1. The van der Waals surface area contributed by atoms with E-state index in [9.17, 15) is 9.59 Å². The first-order valence-electron chi connectivity index (χ1n) is 8.40. The van der Waals surface area contributed by atoms with Crippen molar-refractivity contribution in [3.05, 3.63) is 53.4 Å². The van der Waals surface area contributed by atoms with Gasteiger partial charge in [-0.15, -0.1) is 0 Å². The number of hydrogen-bond donors (Lipinski definition) is 2. The Hall–Kier alpha value is -2.89. The van der Waals surface area contributed by atoms with Crippen molar-refractivity contribution < 1.29 is 14.7 Å². The summed E-state index contributed by atoms with van der Waals surface area (Å²) in [7, 11) is 0. The van der Waals surface area contributed by atoms with Crippen molar-refractivity contribution in [3.8, 4) is 5.69 Å². The van der Waals surface area contributed by atoms with Gasteiger partial charge >= 0.3 is 5.97 Å². The maximum Gasteiger partial charge on any atom is 0.339 e. The highest BCUT2D eigenvalue weighted by Gasteiger charge is 2.14. The van der Waals surface area contributed by atoms with E-state index in [4.69, 9.17) is 5.11 Å². The maximum absolute atomic E-state index is 12.2. The van der Waals surface area contributed by atoms with Crippen LogP contribution in [-0.2, 0) is 4.79 Å². The van der Waals surface area contributed by atoms with Gasteiger partial charge in [-0.3, -0.25) is 4.79 Å². The monoisotopic (exact) mass is 339 g/mol. The van der Waals surface area contributed by atoms with Gasteiger partial charge < -0.3 is 10.4 Å². The molecule has 0 spiro atoms. The molecule has 130 valence electrons. The number of benzene rings is 1. The summed E-state index contributed by atoms with van der Waals surface area (Å²) in [6, 6.07) is 7.24. The molecule has 2 aromatic rings. The number of nitrogens with one attached hydrogen (secondary N) is 1. The Morgan fingerprint density at radius 2 is 2.16 bits per heavy atom. The summed E-state index contributed by atoms with van der Waals surface area (Å²) in [5, 5.41) is 16.2. The number of carbonyl (C=O) groups is 2. The van der Waals surface area contributed by atoms with Gasteiger partial charge in [0, 0.05) is 12.1 Å². The van der Waals surface area contributed by atoms with E-state index in [1.807, 2.05) is 18.2 Å². The lowest BCUT2D eigenvalue weighted by Gasteiger charge is -2.13. The topological polar surface area (TPSA) is 84.2 Å². The minimum Gasteiger partial charge on any atom is -0.478 e. The smallest absolute Gasteiger partial charge is 0.339 e. The van der Waals surface area contributed by atoms with Gasteiger partial charge in [-0.1, -0.05) is 17.7 Å². The number of carboxylic acid groups (broad SMARTS) is 1. The minimum absolute atomic E-state index is 0.0336. The van der Waals surface area contributed by atoms with E-state index in [1.165, 1.54) is 18.2 Å². The fraction of sp³-hybridized carbons (Fsp3) is 0.316. The second kappa shape index (κ2) is 7.34. The van der Waals surface area contributed by atoms with Gasteiger partial charge in [0.15, 0.2) is 0 Å². The zero-order chi connectivity index (χ0) is 17.8. The number of aromatic carboxylic acids is 1. The molecule has 1 amide bonds. The molecule has 2 N–H and O–H groups in total. The van der Waals surface area contributed by atoms with Gasteiger partial charge in [-0.25, -0.2) is 9.48 Å². The minimum atomic E-state index is -1.01. The van der Waals surface area contributed by atoms with Crippen LogP contribution in [0.2, 0.25) is 0 Å². The van der Waals surface area contributed by atoms with Crippen LogP contribution < -0.4 is 5.32 Å². The Bertz CT molecular complexity index is 836. The van der Waals surface area contributed by atoms with E-state index in [1.54, 1.807) is 17.7 Å². The molecule has 1 aromatic heterocycles. The summed E-state index contributed by atoms with van der Waals surface area (Å²) in [6.07, 6.45) is 8.33. The predicted molar refractivity (Wildman–Crippen MR) is 95.1 cm³/mol. The molecule has 0 bridgehead atoms. The lowest BCUT2D eigenvalue weighted by molar-refractivity contribution is -0.115. The van der Waals surface area contributed by atoms with E-state index in [0.717, 1.165) is 19.3 Å². The molecule has 6 nitrogen and oxygen atoms in total. The molecule has 0 unspecified atom stereocenters. The number of carboxylic acids is 1. The van der Waals surface area contributed by atoms with Gasteiger partial charge in [0.25, 0.3) is 0 Å². The summed E-state index contributed by atoms with van der Waals surface area (Å²) in [5.74, 6) is -1.04. The molecule has 6 heteroatoms. The van der Waals surface area contributed by atoms with Crippen LogP contribution in [0, 0.1) is 6.92 Å². The van der Waals surface area contributed by atoms with Crippen LogP contribution in [0.15, 0.2) is 42.1 Å². The molecule has 0 saturated carbocycles. The molecule has 1 aromatic carbocycles. The van der Waals surface area contributed by atoms with Crippen molar-refractivity contribution in [3.63, 3.8) is 0 Å². The molecule has 0 aliphatic heterocycles. The number of hydrogen-bond acceptors (Lipinski definition) is 3. The summed E-state index contributed by atoms with van der Waals surface area (Å²) >= 11 is 0. The number of rotatable bonds is 5. The quantitative estimate of drug-likeness (QED) is 0.813. The van der Waals surface area contributed by atoms with E-state index in [0.29, 0.717) is 23.5 Å². The Morgan fingerprint density at radius 3 is 2.84 bits per heavy atom. The van der Waals surface area contributed by atoms with Crippen molar-refractivity contribution in [2.24, 2.45) is 0 Å². The lowest BCUT2D eigenvalue weighted by Crippen LogP contribution is -2.13. The molecular formula is C19H21N3O3. The molecule has 3 rings (SSSR count). The molecule has 0 radical (unpaired) electrons. The highest BCUT2D eigenvalue weighted by atomic mass is 16.4. The summed E-state index contributed by atoms with van der Waals surface area (Å²) in [4.78, 5) is 23.4. The third kappa shape index (κ3) is 3.96. The summed E-state index contributed by atoms with van der Waals surface area (Å²) in [5.41, 5.74) is 3.29. The first-order chi connectivity index (χ1) is 12.0.